The normalized spacial score (nSPS) is 10.4. The summed E-state index contributed by atoms with van der Waals surface area (Å²) in [5.74, 6) is -2.26. The molecule has 0 aromatic heterocycles. The molecule has 5 heteroatoms. The van der Waals surface area contributed by atoms with Crippen LogP contribution in [0.2, 0.25) is 0 Å². The second kappa shape index (κ2) is 5.84. The van der Waals surface area contributed by atoms with E-state index in [1.807, 2.05) is 0 Å². The maximum atomic E-state index is 13.0. The van der Waals surface area contributed by atoms with Gasteiger partial charge in [-0.1, -0.05) is 12.1 Å². The minimum Gasteiger partial charge on any atom is -0.478 e. The highest BCUT2D eigenvalue weighted by atomic mass is 32.2. The Hall–Kier alpha value is -1.88. The number of hydrogen-bond acceptors (Lipinski definition) is 2. The van der Waals surface area contributed by atoms with Crippen LogP contribution < -0.4 is 0 Å². The van der Waals surface area contributed by atoms with Crippen LogP contribution in [0.5, 0.6) is 0 Å². The fraction of sp³-hybridized carbons (Fsp3) is 0.0714. The van der Waals surface area contributed by atoms with E-state index in [0.29, 0.717) is 10.6 Å². The van der Waals surface area contributed by atoms with Crippen LogP contribution in [0.4, 0.5) is 8.78 Å². The minimum atomic E-state index is -0.986. The van der Waals surface area contributed by atoms with Crippen molar-refractivity contribution in [3.8, 4) is 0 Å². The van der Waals surface area contributed by atoms with Crippen molar-refractivity contribution in [3.63, 3.8) is 0 Å². The molecule has 2 nitrogen and oxygen atoms in total. The number of rotatable bonds is 4. The van der Waals surface area contributed by atoms with Crippen LogP contribution in [0.15, 0.2) is 47.4 Å². The summed E-state index contributed by atoms with van der Waals surface area (Å²) in [6, 6.07) is 10.2. The first-order chi connectivity index (χ1) is 9.06. The molecule has 0 aliphatic rings. The van der Waals surface area contributed by atoms with Gasteiger partial charge in [0.15, 0.2) is 11.6 Å². The molecule has 0 amide bonds. The van der Waals surface area contributed by atoms with Crippen LogP contribution in [-0.4, -0.2) is 11.1 Å². The van der Waals surface area contributed by atoms with Gasteiger partial charge >= 0.3 is 5.97 Å². The lowest BCUT2D eigenvalue weighted by Gasteiger charge is -2.04. The fourth-order valence-corrected chi connectivity index (χ4v) is 2.39. The summed E-state index contributed by atoms with van der Waals surface area (Å²) in [7, 11) is 0. The number of thioether (sulfide) groups is 1. The number of benzene rings is 2. The summed E-state index contributed by atoms with van der Waals surface area (Å²) in [5, 5.41) is 8.86. The molecule has 0 aliphatic carbocycles. The zero-order chi connectivity index (χ0) is 13.8. The molecule has 2 rings (SSSR count). The second-order valence-electron chi connectivity index (χ2n) is 3.87. The standard InChI is InChI=1S/C14H10F2O2S/c15-12-5-4-11(7-13(12)16)19-8-9-2-1-3-10(6-9)14(17)18/h1-7H,8H2,(H,17,18). The van der Waals surface area contributed by atoms with Crippen LogP contribution in [0.3, 0.4) is 0 Å². The first-order valence-corrected chi connectivity index (χ1v) is 6.45. The monoisotopic (exact) mass is 280 g/mol. The van der Waals surface area contributed by atoms with Crippen molar-refractivity contribution in [2.75, 3.05) is 0 Å². The lowest BCUT2D eigenvalue weighted by molar-refractivity contribution is 0.0697. The molecule has 0 spiro atoms. The lowest BCUT2D eigenvalue weighted by atomic mass is 10.1. The molecule has 0 radical (unpaired) electrons. The number of carboxylic acids is 1. The SMILES string of the molecule is O=C(O)c1cccc(CSc2ccc(F)c(F)c2)c1. The topological polar surface area (TPSA) is 37.3 Å². The Morgan fingerprint density at radius 2 is 1.89 bits per heavy atom. The molecule has 0 saturated carbocycles. The van der Waals surface area contributed by atoms with Gasteiger partial charge in [0.2, 0.25) is 0 Å². The number of hydrogen-bond donors (Lipinski definition) is 1. The van der Waals surface area contributed by atoms with Crippen LogP contribution in [-0.2, 0) is 5.75 Å². The molecule has 2 aromatic carbocycles. The van der Waals surface area contributed by atoms with Crippen molar-refractivity contribution >= 4 is 17.7 Å². The molecule has 19 heavy (non-hydrogen) atoms. The smallest absolute Gasteiger partial charge is 0.335 e. The zero-order valence-corrected chi connectivity index (χ0v) is 10.6. The van der Waals surface area contributed by atoms with E-state index in [0.717, 1.165) is 17.7 Å². The van der Waals surface area contributed by atoms with Gasteiger partial charge in [-0.3, -0.25) is 0 Å². The first kappa shape index (κ1) is 13.5. The quantitative estimate of drug-likeness (QED) is 0.861. The van der Waals surface area contributed by atoms with Gasteiger partial charge in [-0.2, -0.15) is 0 Å². The van der Waals surface area contributed by atoms with Gasteiger partial charge in [0.05, 0.1) is 5.56 Å². The predicted molar refractivity (Wildman–Crippen MR) is 69.3 cm³/mol. The van der Waals surface area contributed by atoms with E-state index in [1.54, 1.807) is 18.2 Å². The molecule has 98 valence electrons. The number of aromatic carboxylic acids is 1. The van der Waals surface area contributed by atoms with Crippen LogP contribution in [0, 0.1) is 11.6 Å². The third-order valence-electron chi connectivity index (χ3n) is 2.47. The molecular formula is C14H10F2O2S. The van der Waals surface area contributed by atoms with E-state index in [9.17, 15) is 13.6 Å². The Kier molecular flexibility index (Phi) is 4.16. The third kappa shape index (κ3) is 3.54. The van der Waals surface area contributed by atoms with Gasteiger partial charge in [0, 0.05) is 10.6 Å². The van der Waals surface area contributed by atoms with Crippen molar-refractivity contribution < 1.29 is 18.7 Å². The van der Waals surface area contributed by atoms with E-state index in [-0.39, 0.29) is 5.56 Å². The summed E-state index contributed by atoms with van der Waals surface area (Å²) in [6.45, 7) is 0. The Bertz CT molecular complexity index is 614. The van der Waals surface area contributed by atoms with Gasteiger partial charge in [-0.25, -0.2) is 13.6 Å². The Morgan fingerprint density at radius 1 is 1.11 bits per heavy atom. The van der Waals surface area contributed by atoms with Gasteiger partial charge in [-0.05, 0) is 35.9 Å². The number of halogens is 2. The average Bonchev–Trinajstić information content (AvgIpc) is 2.40. The molecule has 0 atom stereocenters. The van der Waals surface area contributed by atoms with Crippen molar-refractivity contribution in [2.45, 2.75) is 10.6 Å². The van der Waals surface area contributed by atoms with Gasteiger partial charge < -0.3 is 5.11 Å². The minimum absolute atomic E-state index is 0.211. The van der Waals surface area contributed by atoms with Crippen molar-refractivity contribution in [1.29, 1.82) is 0 Å². The Morgan fingerprint density at radius 3 is 2.58 bits per heavy atom. The van der Waals surface area contributed by atoms with Crippen molar-refractivity contribution in [1.82, 2.24) is 0 Å². The van der Waals surface area contributed by atoms with Crippen LogP contribution in [0.25, 0.3) is 0 Å². The molecule has 0 bridgehead atoms. The zero-order valence-electron chi connectivity index (χ0n) is 9.77. The van der Waals surface area contributed by atoms with E-state index in [2.05, 4.69) is 0 Å². The molecule has 0 fully saturated rings. The highest BCUT2D eigenvalue weighted by Crippen LogP contribution is 2.24. The van der Waals surface area contributed by atoms with E-state index in [4.69, 9.17) is 5.11 Å². The fourth-order valence-electron chi connectivity index (χ4n) is 1.53. The highest BCUT2D eigenvalue weighted by Gasteiger charge is 2.05. The molecular weight excluding hydrogens is 270 g/mol. The maximum Gasteiger partial charge on any atom is 0.335 e. The van der Waals surface area contributed by atoms with Gasteiger partial charge in [-0.15, -0.1) is 11.8 Å². The van der Waals surface area contributed by atoms with Crippen molar-refractivity contribution in [2.24, 2.45) is 0 Å². The van der Waals surface area contributed by atoms with Crippen LogP contribution in [0.1, 0.15) is 15.9 Å². The van der Waals surface area contributed by atoms with Gasteiger partial charge in [0.25, 0.3) is 0 Å². The summed E-state index contributed by atoms with van der Waals surface area (Å²) < 4.78 is 25.8. The number of carbonyl (C=O) groups is 1. The Labute approximate surface area is 113 Å². The predicted octanol–water partition coefficient (Wildman–Crippen LogP) is 3.96. The van der Waals surface area contributed by atoms with E-state index in [1.165, 1.54) is 23.9 Å². The second-order valence-corrected chi connectivity index (χ2v) is 4.92. The van der Waals surface area contributed by atoms with Gasteiger partial charge in [0.1, 0.15) is 0 Å². The third-order valence-corrected chi connectivity index (χ3v) is 3.54. The maximum absolute atomic E-state index is 13.0. The largest absolute Gasteiger partial charge is 0.478 e. The molecule has 0 unspecified atom stereocenters. The van der Waals surface area contributed by atoms with Crippen LogP contribution >= 0.6 is 11.8 Å². The Balaban J connectivity index is 2.07. The molecule has 0 aliphatic heterocycles. The van der Waals surface area contributed by atoms with E-state index >= 15 is 0 Å². The molecule has 0 saturated heterocycles. The lowest BCUT2D eigenvalue weighted by Crippen LogP contribution is -1.96. The summed E-state index contributed by atoms with van der Waals surface area (Å²) in [4.78, 5) is 11.4. The highest BCUT2D eigenvalue weighted by molar-refractivity contribution is 7.98. The summed E-state index contributed by atoms with van der Waals surface area (Å²) in [5.41, 5.74) is 1.03. The molecule has 2 aromatic rings. The number of carboxylic acid groups (broad SMARTS) is 1. The molecule has 0 heterocycles. The average molecular weight is 280 g/mol. The summed E-state index contributed by atoms with van der Waals surface area (Å²) in [6.07, 6.45) is 0. The van der Waals surface area contributed by atoms with E-state index < -0.39 is 17.6 Å². The molecule has 1 N–H and O–H groups in total. The first-order valence-electron chi connectivity index (χ1n) is 5.46. The summed E-state index contributed by atoms with van der Waals surface area (Å²) >= 11 is 1.32. The van der Waals surface area contributed by atoms with Crippen molar-refractivity contribution in [3.05, 3.63) is 65.2 Å².